The van der Waals surface area contributed by atoms with E-state index in [9.17, 15) is 5.11 Å². The van der Waals surface area contributed by atoms with Crippen molar-refractivity contribution in [2.75, 3.05) is 21.0 Å². The molecule has 0 spiro atoms. The Morgan fingerprint density at radius 1 is 1.17 bits per heavy atom. The first-order valence-electron chi connectivity index (χ1n) is 8.89. The van der Waals surface area contributed by atoms with Crippen LogP contribution in [-0.2, 0) is 18.9 Å². The van der Waals surface area contributed by atoms with Crippen LogP contribution in [0.2, 0.25) is 0 Å². The summed E-state index contributed by atoms with van der Waals surface area (Å²) in [5, 5.41) is 10.4. The highest BCUT2D eigenvalue weighted by Crippen LogP contribution is 2.44. The molecule has 132 valence electrons. The molecule has 4 rings (SSSR count). The number of fused-ring (bicyclic) bond motifs is 4. The van der Waals surface area contributed by atoms with E-state index in [1.54, 1.807) is 0 Å². The molecule has 2 N–H and O–H groups in total. The zero-order valence-electron chi connectivity index (χ0n) is 14.5. The van der Waals surface area contributed by atoms with Gasteiger partial charge in [-0.25, -0.2) is 0 Å². The number of aliphatic hydroxyl groups is 1. The Kier molecular flexibility index (Phi) is 3.99. The van der Waals surface area contributed by atoms with Crippen LogP contribution in [0.3, 0.4) is 0 Å². The van der Waals surface area contributed by atoms with Crippen LogP contribution in [0.25, 0.3) is 0 Å². The molecule has 1 saturated carbocycles. The second kappa shape index (κ2) is 5.64. The molecule has 1 aliphatic carbocycles. The number of rotatable bonds is 2. The maximum Gasteiger partial charge on any atom is 0.197 e. The maximum absolute atomic E-state index is 10.4. The fourth-order valence-electron chi connectivity index (χ4n) is 5.50. The summed E-state index contributed by atoms with van der Waals surface area (Å²) in [6, 6.07) is 0.336. The lowest BCUT2D eigenvalue weighted by Gasteiger charge is -2.50. The van der Waals surface area contributed by atoms with Gasteiger partial charge in [0.25, 0.3) is 0 Å². The number of likely N-dealkylation sites (N-methyl/N-ethyl adjacent to an activating group) is 1. The first-order valence-corrected chi connectivity index (χ1v) is 8.89. The average Bonchev–Trinajstić information content (AvgIpc) is 3.13. The zero-order chi connectivity index (χ0) is 16.4. The van der Waals surface area contributed by atoms with E-state index in [2.05, 4.69) is 7.05 Å². The minimum atomic E-state index is -0.823. The number of piperidine rings is 1. The summed E-state index contributed by atoms with van der Waals surface area (Å²) in [6.07, 6.45) is 3.46. The summed E-state index contributed by atoms with van der Waals surface area (Å²) in [7, 11) is 4.02. The molecule has 9 atom stereocenters. The largest absolute Gasteiger partial charge is 0.388 e. The van der Waals surface area contributed by atoms with Crippen LogP contribution in [-0.4, -0.2) is 68.3 Å². The van der Waals surface area contributed by atoms with Gasteiger partial charge in [-0.2, -0.15) is 0 Å². The molecular formula is C17H30NO5+. The zero-order valence-corrected chi connectivity index (χ0v) is 14.5. The topological polar surface area (TPSA) is 61.6 Å². The van der Waals surface area contributed by atoms with Crippen molar-refractivity contribution in [2.24, 2.45) is 11.8 Å². The van der Waals surface area contributed by atoms with Gasteiger partial charge in [-0.1, -0.05) is 0 Å². The quantitative estimate of drug-likeness (QED) is 0.719. The molecule has 4 fully saturated rings. The SMILES string of the molecule is COC1C2C[C@@H](C(C)(C)O)OC2[NH+](C)C2C1CCC1OCOC12. The van der Waals surface area contributed by atoms with Crippen LogP contribution in [0.5, 0.6) is 0 Å². The van der Waals surface area contributed by atoms with Gasteiger partial charge < -0.3 is 29.0 Å². The maximum atomic E-state index is 10.4. The number of nitrogens with one attached hydrogen (secondary N) is 1. The third kappa shape index (κ3) is 2.46. The Balaban J connectivity index is 1.63. The van der Waals surface area contributed by atoms with Gasteiger partial charge in [0.05, 0.1) is 36.9 Å². The highest BCUT2D eigenvalue weighted by Gasteiger charge is 2.62. The predicted octanol–water partition coefficient (Wildman–Crippen LogP) is -0.448. The molecule has 0 aromatic carbocycles. The van der Waals surface area contributed by atoms with Crippen molar-refractivity contribution in [2.45, 2.75) is 75.4 Å². The standard InChI is InChI=1S/C17H29NO5/c1-17(2,19)12-7-10-14(20-4)9-5-6-11-15(22-8-21-11)13(9)18(3)16(10)23-12/h9-16,19H,5-8H2,1-4H3/p+1/t9?,10?,11?,12-,13?,14?,15?,16?/m0/s1. The fourth-order valence-corrected chi connectivity index (χ4v) is 5.50. The predicted molar refractivity (Wildman–Crippen MR) is 81.9 cm³/mol. The summed E-state index contributed by atoms with van der Waals surface area (Å²) >= 11 is 0. The lowest BCUT2D eigenvalue weighted by Crippen LogP contribution is -3.21. The van der Waals surface area contributed by atoms with Gasteiger partial charge >= 0.3 is 0 Å². The Hall–Kier alpha value is -0.240. The number of quaternary nitrogens is 1. The molecular weight excluding hydrogens is 298 g/mol. The van der Waals surface area contributed by atoms with Crippen molar-refractivity contribution in [3.63, 3.8) is 0 Å². The van der Waals surface area contributed by atoms with Crippen molar-refractivity contribution in [3.05, 3.63) is 0 Å². The summed E-state index contributed by atoms with van der Waals surface area (Å²) in [5.41, 5.74) is -0.823. The highest BCUT2D eigenvalue weighted by molar-refractivity contribution is 5.02. The van der Waals surface area contributed by atoms with Crippen LogP contribution < -0.4 is 4.90 Å². The Bertz CT molecular complexity index is 453. The minimum Gasteiger partial charge on any atom is -0.388 e. The first kappa shape index (κ1) is 16.2. The van der Waals surface area contributed by atoms with Crippen molar-refractivity contribution in [3.8, 4) is 0 Å². The van der Waals surface area contributed by atoms with E-state index in [1.165, 1.54) is 4.90 Å². The van der Waals surface area contributed by atoms with Gasteiger partial charge in [-0.05, 0) is 33.1 Å². The number of methoxy groups -OCH3 is 1. The van der Waals surface area contributed by atoms with Crippen LogP contribution in [0.1, 0.15) is 33.1 Å². The van der Waals surface area contributed by atoms with E-state index in [1.807, 2.05) is 21.0 Å². The van der Waals surface area contributed by atoms with Crippen molar-refractivity contribution in [1.29, 1.82) is 0 Å². The molecule has 8 unspecified atom stereocenters. The number of hydrogen-bond donors (Lipinski definition) is 2. The van der Waals surface area contributed by atoms with Crippen molar-refractivity contribution < 1.29 is 29.0 Å². The van der Waals surface area contributed by atoms with Crippen LogP contribution in [0.4, 0.5) is 0 Å². The van der Waals surface area contributed by atoms with E-state index >= 15 is 0 Å². The van der Waals surface area contributed by atoms with Gasteiger partial charge in [0, 0.05) is 13.0 Å². The summed E-state index contributed by atoms with van der Waals surface area (Å²) in [5.74, 6) is 0.796. The van der Waals surface area contributed by atoms with Gasteiger partial charge in [0.15, 0.2) is 6.23 Å². The molecule has 3 heterocycles. The number of likely N-dealkylation sites (tertiary alicyclic amines) is 1. The molecule has 4 aliphatic rings. The summed E-state index contributed by atoms with van der Waals surface area (Å²) in [4.78, 5) is 1.36. The summed E-state index contributed by atoms with van der Waals surface area (Å²) < 4.78 is 24.0. The molecule has 0 radical (unpaired) electrons. The molecule has 0 aromatic rings. The Labute approximate surface area is 138 Å². The van der Waals surface area contributed by atoms with E-state index < -0.39 is 5.60 Å². The number of hydrogen-bond acceptors (Lipinski definition) is 5. The Morgan fingerprint density at radius 3 is 2.65 bits per heavy atom. The highest BCUT2D eigenvalue weighted by atomic mass is 16.7. The lowest BCUT2D eigenvalue weighted by molar-refractivity contribution is -0.971. The first-order chi connectivity index (χ1) is 10.9. The average molecular weight is 328 g/mol. The van der Waals surface area contributed by atoms with E-state index in [-0.39, 0.29) is 30.6 Å². The van der Waals surface area contributed by atoms with Crippen molar-refractivity contribution in [1.82, 2.24) is 0 Å². The third-order valence-corrected chi connectivity index (χ3v) is 6.57. The molecule has 6 nitrogen and oxygen atoms in total. The molecule has 0 amide bonds. The van der Waals surface area contributed by atoms with Gasteiger partial charge in [0.1, 0.15) is 18.9 Å². The smallest absolute Gasteiger partial charge is 0.197 e. The van der Waals surface area contributed by atoms with Crippen LogP contribution in [0, 0.1) is 11.8 Å². The fraction of sp³-hybridized carbons (Fsp3) is 1.00. The van der Waals surface area contributed by atoms with Crippen LogP contribution in [0.15, 0.2) is 0 Å². The molecule has 23 heavy (non-hydrogen) atoms. The van der Waals surface area contributed by atoms with Crippen molar-refractivity contribution >= 4 is 0 Å². The third-order valence-electron chi connectivity index (χ3n) is 6.57. The minimum absolute atomic E-state index is 0.0561. The van der Waals surface area contributed by atoms with E-state index in [4.69, 9.17) is 18.9 Å². The molecule has 3 saturated heterocycles. The summed E-state index contributed by atoms with van der Waals surface area (Å²) in [6.45, 7) is 4.08. The second-order valence-electron chi connectivity index (χ2n) is 8.26. The number of ether oxygens (including phenoxy) is 4. The normalized spacial score (nSPS) is 52.8. The molecule has 3 aliphatic heterocycles. The van der Waals surface area contributed by atoms with Gasteiger partial charge in [-0.3, -0.25) is 0 Å². The van der Waals surface area contributed by atoms with E-state index in [0.717, 1.165) is 19.3 Å². The van der Waals surface area contributed by atoms with E-state index in [0.29, 0.717) is 24.7 Å². The van der Waals surface area contributed by atoms with Crippen LogP contribution >= 0.6 is 0 Å². The molecule has 0 aromatic heterocycles. The molecule has 0 bridgehead atoms. The monoisotopic (exact) mass is 328 g/mol. The Morgan fingerprint density at radius 2 is 1.96 bits per heavy atom. The van der Waals surface area contributed by atoms with Gasteiger partial charge in [0.2, 0.25) is 0 Å². The van der Waals surface area contributed by atoms with Gasteiger partial charge in [-0.15, -0.1) is 0 Å². The lowest BCUT2D eigenvalue weighted by atomic mass is 9.69. The second-order valence-corrected chi connectivity index (χ2v) is 8.26. The molecule has 6 heteroatoms.